The Kier molecular flexibility index (Phi) is 5.39. The van der Waals surface area contributed by atoms with Gasteiger partial charge in [0.15, 0.2) is 0 Å². The normalized spacial score (nSPS) is 12.2. The van der Waals surface area contributed by atoms with E-state index >= 15 is 0 Å². The number of fused-ring (bicyclic) bond motifs is 6. The van der Waals surface area contributed by atoms with Gasteiger partial charge in [0.25, 0.3) is 0 Å². The van der Waals surface area contributed by atoms with Crippen LogP contribution in [0.3, 0.4) is 0 Å². The molecule has 0 aliphatic rings. The molecular formula is C39H31N3. The molecule has 0 saturated heterocycles. The number of para-hydroxylation sites is 4. The molecule has 8 rings (SSSR count). The first-order valence-corrected chi connectivity index (χ1v) is 14.6. The first-order chi connectivity index (χ1) is 20.5. The van der Waals surface area contributed by atoms with Gasteiger partial charge in [-0.1, -0.05) is 118 Å². The molecule has 8 aromatic rings. The quantitative estimate of drug-likeness (QED) is 0.218. The van der Waals surface area contributed by atoms with Gasteiger partial charge in [-0.05, 0) is 58.5 Å². The van der Waals surface area contributed by atoms with Gasteiger partial charge in [-0.25, -0.2) is 4.98 Å². The number of hydrogen-bond donors (Lipinski definition) is 0. The second-order valence-corrected chi connectivity index (χ2v) is 12.1. The highest BCUT2D eigenvalue weighted by Gasteiger charge is 2.19. The highest BCUT2D eigenvalue weighted by atomic mass is 15.1. The minimum absolute atomic E-state index is 0.0500. The van der Waals surface area contributed by atoms with Crippen molar-refractivity contribution in [3.8, 4) is 22.8 Å². The van der Waals surface area contributed by atoms with Crippen molar-refractivity contribution in [2.45, 2.75) is 26.2 Å². The van der Waals surface area contributed by atoms with E-state index in [1.165, 1.54) is 32.7 Å². The van der Waals surface area contributed by atoms with Crippen molar-refractivity contribution in [1.29, 1.82) is 0 Å². The summed E-state index contributed by atoms with van der Waals surface area (Å²) in [4.78, 5) is 5.44. The number of benzene rings is 5. The molecule has 0 bridgehead atoms. The maximum atomic E-state index is 5.44. The van der Waals surface area contributed by atoms with Gasteiger partial charge in [-0.2, -0.15) is 0 Å². The van der Waals surface area contributed by atoms with Gasteiger partial charge in [0.1, 0.15) is 11.6 Å². The van der Waals surface area contributed by atoms with Crippen LogP contribution in [0.1, 0.15) is 26.3 Å². The largest absolute Gasteiger partial charge is 0.294 e. The molecule has 5 aromatic carbocycles. The second kappa shape index (κ2) is 9.19. The van der Waals surface area contributed by atoms with E-state index in [9.17, 15) is 0 Å². The molecule has 0 unspecified atom stereocenters. The third-order valence-corrected chi connectivity index (χ3v) is 8.48. The molecule has 0 aliphatic carbocycles. The molecule has 3 heterocycles. The number of aromatic nitrogens is 3. The Bertz CT molecular complexity index is 2050. The average Bonchev–Trinajstić information content (AvgIpc) is 3.54. The van der Waals surface area contributed by atoms with Gasteiger partial charge in [-0.15, -0.1) is 0 Å². The molecule has 202 valence electrons. The maximum Gasteiger partial charge on any atom is 0.140 e. The Morgan fingerprint density at radius 2 is 0.833 bits per heavy atom. The predicted octanol–water partition coefficient (Wildman–Crippen LogP) is 10.2. The lowest BCUT2D eigenvalue weighted by molar-refractivity contribution is 0.590. The van der Waals surface area contributed by atoms with Crippen LogP contribution in [-0.2, 0) is 5.41 Å². The zero-order valence-corrected chi connectivity index (χ0v) is 24.0. The van der Waals surface area contributed by atoms with Crippen molar-refractivity contribution in [2.75, 3.05) is 0 Å². The van der Waals surface area contributed by atoms with E-state index in [1.807, 2.05) is 0 Å². The zero-order chi connectivity index (χ0) is 28.4. The molecule has 3 aromatic heterocycles. The van der Waals surface area contributed by atoms with Crippen LogP contribution in [0.25, 0.3) is 66.4 Å². The summed E-state index contributed by atoms with van der Waals surface area (Å²) in [5.74, 6) is 1.81. The summed E-state index contributed by atoms with van der Waals surface area (Å²) in [5.41, 5.74) is 8.31. The molecular weight excluding hydrogens is 510 g/mol. The summed E-state index contributed by atoms with van der Waals surface area (Å²) >= 11 is 0. The van der Waals surface area contributed by atoms with Crippen molar-refractivity contribution < 1.29 is 0 Å². The van der Waals surface area contributed by atoms with Gasteiger partial charge in [0.2, 0.25) is 0 Å². The van der Waals surface area contributed by atoms with E-state index < -0.39 is 0 Å². The van der Waals surface area contributed by atoms with Gasteiger partial charge in [0.05, 0.1) is 22.1 Å². The van der Waals surface area contributed by atoms with Crippen LogP contribution in [0.2, 0.25) is 0 Å². The van der Waals surface area contributed by atoms with Crippen molar-refractivity contribution in [3.05, 3.63) is 139 Å². The lowest BCUT2D eigenvalue weighted by Crippen LogP contribution is -2.10. The van der Waals surface area contributed by atoms with E-state index in [0.29, 0.717) is 0 Å². The Labute approximate surface area is 245 Å². The molecule has 3 heteroatoms. The summed E-state index contributed by atoms with van der Waals surface area (Å²) in [6.07, 6.45) is 0. The maximum absolute atomic E-state index is 5.44. The van der Waals surface area contributed by atoms with E-state index in [-0.39, 0.29) is 5.41 Å². The SMILES string of the molecule is CC(C)(C)c1cccc(-c2cc(-n3c4ccccc4c4ccccc43)nc(-n3c4ccccc4c4ccccc43)c2)c1. The topological polar surface area (TPSA) is 22.8 Å². The first-order valence-electron chi connectivity index (χ1n) is 14.6. The molecule has 0 aliphatic heterocycles. The second-order valence-electron chi connectivity index (χ2n) is 12.1. The van der Waals surface area contributed by atoms with Gasteiger partial charge in [0, 0.05) is 21.5 Å². The van der Waals surface area contributed by atoms with Crippen molar-refractivity contribution >= 4 is 43.6 Å². The summed E-state index contributed by atoms with van der Waals surface area (Å²) < 4.78 is 4.64. The standard InChI is InChI=1S/C39H31N3/c1-39(2,3)28-14-12-13-26(23-28)27-24-37(41-33-19-8-4-15-29(33)30-16-5-9-20-34(30)41)40-38(25-27)42-35-21-10-6-17-31(35)32-18-7-11-22-36(32)42/h4-25H,1-3H3. The minimum Gasteiger partial charge on any atom is -0.294 e. The van der Waals surface area contributed by atoms with Crippen LogP contribution < -0.4 is 0 Å². The average molecular weight is 542 g/mol. The van der Waals surface area contributed by atoms with Gasteiger partial charge in [-0.3, -0.25) is 9.13 Å². The van der Waals surface area contributed by atoms with E-state index in [0.717, 1.165) is 39.3 Å². The Morgan fingerprint density at radius 3 is 1.24 bits per heavy atom. The summed E-state index contributed by atoms with van der Waals surface area (Å²) in [6.45, 7) is 6.81. The summed E-state index contributed by atoms with van der Waals surface area (Å²) in [6, 6.07) is 48.0. The Balaban J connectivity index is 1.49. The molecule has 0 radical (unpaired) electrons. The summed E-state index contributed by atoms with van der Waals surface area (Å²) in [5, 5.41) is 4.92. The highest BCUT2D eigenvalue weighted by molar-refractivity contribution is 6.10. The predicted molar refractivity (Wildman–Crippen MR) is 177 cm³/mol. The number of nitrogens with zero attached hydrogens (tertiary/aromatic N) is 3. The van der Waals surface area contributed by atoms with Crippen LogP contribution in [0.15, 0.2) is 133 Å². The first kappa shape index (κ1) is 24.6. The van der Waals surface area contributed by atoms with Crippen LogP contribution in [0, 0.1) is 0 Å². The smallest absolute Gasteiger partial charge is 0.140 e. The van der Waals surface area contributed by atoms with Gasteiger partial charge < -0.3 is 0 Å². The lowest BCUT2D eigenvalue weighted by atomic mass is 9.85. The monoisotopic (exact) mass is 541 g/mol. The fraction of sp³-hybridized carbons (Fsp3) is 0.103. The van der Waals surface area contributed by atoms with E-state index in [4.69, 9.17) is 4.98 Å². The zero-order valence-electron chi connectivity index (χ0n) is 24.0. The van der Waals surface area contributed by atoms with E-state index in [2.05, 4.69) is 163 Å². The number of hydrogen-bond acceptors (Lipinski definition) is 1. The van der Waals surface area contributed by atoms with Crippen LogP contribution in [-0.4, -0.2) is 14.1 Å². The Hall–Kier alpha value is -5.15. The third kappa shape index (κ3) is 3.77. The fourth-order valence-electron chi connectivity index (χ4n) is 6.40. The van der Waals surface area contributed by atoms with Crippen molar-refractivity contribution in [2.24, 2.45) is 0 Å². The van der Waals surface area contributed by atoms with Gasteiger partial charge >= 0.3 is 0 Å². The number of rotatable bonds is 3. The van der Waals surface area contributed by atoms with Crippen LogP contribution >= 0.6 is 0 Å². The molecule has 0 spiro atoms. The lowest BCUT2D eigenvalue weighted by Gasteiger charge is -2.20. The minimum atomic E-state index is 0.0500. The van der Waals surface area contributed by atoms with Crippen LogP contribution in [0.5, 0.6) is 0 Å². The van der Waals surface area contributed by atoms with E-state index in [1.54, 1.807) is 0 Å². The fourth-order valence-corrected chi connectivity index (χ4v) is 6.40. The molecule has 0 atom stereocenters. The molecule has 0 amide bonds. The molecule has 0 N–H and O–H groups in total. The summed E-state index contributed by atoms with van der Waals surface area (Å²) in [7, 11) is 0. The van der Waals surface area contributed by atoms with Crippen molar-refractivity contribution in [1.82, 2.24) is 14.1 Å². The Morgan fingerprint density at radius 1 is 0.429 bits per heavy atom. The molecule has 0 fully saturated rings. The highest BCUT2D eigenvalue weighted by Crippen LogP contribution is 2.37. The third-order valence-electron chi connectivity index (χ3n) is 8.48. The molecule has 42 heavy (non-hydrogen) atoms. The number of pyridine rings is 1. The molecule has 0 saturated carbocycles. The molecule has 3 nitrogen and oxygen atoms in total. The van der Waals surface area contributed by atoms with Crippen molar-refractivity contribution in [3.63, 3.8) is 0 Å². The van der Waals surface area contributed by atoms with Crippen LogP contribution in [0.4, 0.5) is 0 Å².